The van der Waals surface area contributed by atoms with E-state index in [9.17, 15) is 9.18 Å². The van der Waals surface area contributed by atoms with E-state index in [0.29, 0.717) is 26.3 Å². The van der Waals surface area contributed by atoms with Gasteiger partial charge >= 0.3 is 6.09 Å². The zero-order valence-corrected chi connectivity index (χ0v) is 15.2. The maximum atomic E-state index is 13.4. The number of ether oxygens (including phenoxy) is 1. The summed E-state index contributed by atoms with van der Waals surface area (Å²) in [6.07, 6.45) is 2.14. The van der Waals surface area contributed by atoms with Crippen LogP contribution in [0.15, 0.2) is 58.7 Å². The number of rotatable bonds is 5. The highest BCUT2D eigenvalue weighted by Crippen LogP contribution is 2.32. The Labute approximate surface area is 158 Å². The van der Waals surface area contributed by atoms with Gasteiger partial charge in [0, 0.05) is 18.1 Å². The summed E-state index contributed by atoms with van der Waals surface area (Å²) in [6.45, 7) is -0.00785. The molecule has 0 atom stereocenters. The number of para-hydroxylation sites is 1. The van der Waals surface area contributed by atoms with Gasteiger partial charge in [-0.3, -0.25) is 4.98 Å². The molecule has 1 amide bonds. The molecule has 9 heteroatoms. The van der Waals surface area contributed by atoms with Crippen molar-refractivity contribution in [3.8, 4) is 5.69 Å². The molecule has 1 N–H and O–H groups in total. The molecule has 3 aromatic rings. The molecule has 2 aromatic heterocycles. The second-order valence-electron chi connectivity index (χ2n) is 5.10. The molecule has 0 aliphatic rings. The van der Waals surface area contributed by atoms with Crippen LogP contribution in [0.3, 0.4) is 0 Å². The maximum absolute atomic E-state index is 13.4. The number of hydrogen-bond acceptors (Lipinski definition) is 5. The van der Waals surface area contributed by atoms with Gasteiger partial charge in [0.1, 0.15) is 23.1 Å². The van der Waals surface area contributed by atoms with Gasteiger partial charge in [-0.15, -0.1) is 0 Å². The third kappa shape index (κ3) is 4.33. The molecular weight excluding hydrogens is 379 g/mol. The lowest BCUT2D eigenvalue weighted by atomic mass is 10.3. The van der Waals surface area contributed by atoms with Gasteiger partial charge in [-0.1, -0.05) is 35.5 Å². The fourth-order valence-electron chi connectivity index (χ4n) is 2.13. The van der Waals surface area contributed by atoms with E-state index in [0.717, 1.165) is 6.20 Å². The lowest BCUT2D eigenvalue weighted by Crippen LogP contribution is -2.19. The van der Waals surface area contributed by atoms with Gasteiger partial charge in [-0.25, -0.2) is 13.9 Å². The Kier molecular flexibility index (Phi) is 5.75. The molecule has 0 saturated carbocycles. The summed E-state index contributed by atoms with van der Waals surface area (Å²) in [7, 11) is 1.48. The van der Waals surface area contributed by atoms with E-state index in [2.05, 4.69) is 15.4 Å². The van der Waals surface area contributed by atoms with Crippen LogP contribution in [0.5, 0.6) is 0 Å². The number of aromatic nitrogens is 3. The second-order valence-corrected chi connectivity index (χ2v) is 6.61. The van der Waals surface area contributed by atoms with Crippen molar-refractivity contribution in [3.05, 3.63) is 65.3 Å². The van der Waals surface area contributed by atoms with Crippen molar-refractivity contribution in [2.24, 2.45) is 0 Å². The standard InChI is InChI=1S/C17H14ClFN4O2S/c1-20-17(24)25-10-12-7-16(26-13-6-11(19)8-21-9-13)23(22-12)15-5-3-2-4-14(15)18/h2-9H,10H2,1H3,(H,20,24). The average molecular weight is 393 g/mol. The number of carbonyl (C=O) groups excluding carboxylic acids is 1. The first-order valence-electron chi connectivity index (χ1n) is 7.53. The number of halogens is 2. The van der Waals surface area contributed by atoms with Crippen molar-refractivity contribution >= 4 is 29.5 Å². The molecule has 2 heterocycles. The first-order valence-corrected chi connectivity index (χ1v) is 8.73. The van der Waals surface area contributed by atoms with Gasteiger partial charge in [-0.2, -0.15) is 5.10 Å². The number of amides is 1. The Morgan fingerprint density at radius 3 is 2.88 bits per heavy atom. The Morgan fingerprint density at radius 2 is 2.15 bits per heavy atom. The van der Waals surface area contributed by atoms with Gasteiger partial charge < -0.3 is 10.1 Å². The molecule has 0 spiro atoms. The van der Waals surface area contributed by atoms with Gasteiger partial charge in [-0.05, 0) is 24.3 Å². The number of alkyl carbamates (subject to hydrolysis) is 1. The molecule has 0 aliphatic carbocycles. The lowest BCUT2D eigenvalue weighted by molar-refractivity contribution is 0.140. The highest BCUT2D eigenvalue weighted by molar-refractivity contribution is 7.99. The summed E-state index contributed by atoms with van der Waals surface area (Å²) in [5, 5.41) is 8.02. The van der Waals surface area contributed by atoms with E-state index in [4.69, 9.17) is 16.3 Å². The molecule has 0 aliphatic heterocycles. The zero-order valence-electron chi connectivity index (χ0n) is 13.6. The number of benzene rings is 1. The normalized spacial score (nSPS) is 10.6. The van der Waals surface area contributed by atoms with Crippen LogP contribution >= 0.6 is 23.4 Å². The topological polar surface area (TPSA) is 69.0 Å². The van der Waals surface area contributed by atoms with Crippen LogP contribution in [0.2, 0.25) is 5.02 Å². The Morgan fingerprint density at radius 1 is 1.35 bits per heavy atom. The van der Waals surface area contributed by atoms with E-state index in [1.165, 1.54) is 24.9 Å². The first-order chi connectivity index (χ1) is 12.6. The number of nitrogens with zero attached hydrogens (tertiary/aromatic N) is 3. The summed E-state index contributed by atoms with van der Waals surface area (Å²) in [6, 6.07) is 10.3. The molecule has 0 radical (unpaired) electrons. The largest absolute Gasteiger partial charge is 0.443 e. The highest BCUT2D eigenvalue weighted by Gasteiger charge is 2.15. The van der Waals surface area contributed by atoms with Crippen LogP contribution in [0.1, 0.15) is 5.69 Å². The van der Waals surface area contributed by atoms with Gasteiger partial charge in [0.2, 0.25) is 0 Å². The molecular formula is C17H14ClFN4O2S. The predicted molar refractivity (Wildman–Crippen MR) is 96.1 cm³/mol. The molecule has 0 bridgehead atoms. The molecule has 0 fully saturated rings. The van der Waals surface area contributed by atoms with E-state index < -0.39 is 11.9 Å². The Hall–Kier alpha value is -2.58. The van der Waals surface area contributed by atoms with Crippen molar-refractivity contribution in [1.82, 2.24) is 20.1 Å². The van der Waals surface area contributed by atoms with Crippen molar-refractivity contribution in [2.45, 2.75) is 16.5 Å². The van der Waals surface area contributed by atoms with Crippen LogP contribution < -0.4 is 5.32 Å². The zero-order chi connectivity index (χ0) is 18.5. The van der Waals surface area contributed by atoms with E-state index in [-0.39, 0.29) is 6.61 Å². The van der Waals surface area contributed by atoms with Crippen molar-refractivity contribution in [1.29, 1.82) is 0 Å². The van der Waals surface area contributed by atoms with Gasteiger partial charge in [0.05, 0.1) is 16.9 Å². The van der Waals surface area contributed by atoms with Crippen molar-refractivity contribution in [3.63, 3.8) is 0 Å². The minimum atomic E-state index is -0.555. The molecule has 1 aromatic carbocycles. The van der Waals surface area contributed by atoms with Crippen LogP contribution in [-0.4, -0.2) is 27.9 Å². The SMILES string of the molecule is CNC(=O)OCc1cc(Sc2cncc(F)c2)n(-c2ccccc2Cl)n1. The number of pyridine rings is 1. The van der Waals surface area contributed by atoms with E-state index in [1.54, 1.807) is 23.0 Å². The van der Waals surface area contributed by atoms with Crippen LogP contribution in [0.25, 0.3) is 5.69 Å². The number of carbonyl (C=O) groups is 1. The lowest BCUT2D eigenvalue weighted by Gasteiger charge is -2.08. The Balaban J connectivity index is 1.96. The van der Waals surface area contributed by atoms with Gasteiger partial charge in [0.25, 0.3) is 0 Å². The summed E-state index contributed by atoms with van der Waals surface area (Å²) in [5.41, 5.74) is 1.19. The van der Waals surface area contributed by atoms with Crippen LogP contribution in [0.4, 0.5) is 9.18 Å². The van der Waals surface area contributed by atoms with Crippen LogP contribution in [-0.2, 0) is 11.3 Å². The fourth-order valence-corrected chi connectivity index (χ4v) is 3.29. The average Bonchev–Trinajstić information content (AvgIpc) is 3.02. The van der Waals surface area contributed by atoms with Gasteiger partial charge in [0.15, 0.2) is 0 Å². The quantitative estimate of drug-likeness (QED) is 0.708. The molecule has 26 heavy (non-hydrogen) atoms. The second kappa shape index (κ2) is 8.20. The Bertz CT molecular complexity index is 935. The molecule has 3 rings (SSSR count). The summed E-state index contributed by atoms with van der Waals surface area (Å²) in [4.78, 5) is 15.7. The molecule has 0 unspecified atom stereocenters. The van der Waals surface area contributed by atoms with E-state index >= 15 is 0 Å². The monoisotopic (exact) mass is 392 g/mol. The number of nitrogens with one attached hydrogen (secondary N) is 1. The highest BCUT2D eigenvalue weighted by atomic mass is 35.5. The third-order valence-electron chi connectivity index (χ3n) is 3.27. The summed E-state index contributed by atoms with van der Waals surface area (Å²) in [5.74, 6) is -0.429. The number of hydrogen-bond donors (Lipinski definition) is 1. The van der Waals surface area contributed by atoms with Crippen molar-refractivity contribution in [2.75, 3.05) is 7.05 Å². The third-order valence-corrected chi connectivity index (χ3v) is 4.54. The minimum absolute atomic E-state index is 0.00785. The fraction of sp³-hybridized carbons (Fsp3) is 0.118. The van der Waals surface area contributed by atoms with Crippen molar-refractivity contribution < 1.29 is 13.9 Å². The minimum Gasteiger partial charge on any atom is -0.443 e. The smallest absolute Gasteiger partial charge is 0.407 e. The molecule has 0 saturated heterocycles. The molecule has 134 valence electrons. The maximum Gasteiger partial charge on any atom is 0.407 e. The summed E-state index contributed by atoms with van der Waals surface area (Å²) >= 11 is 7.56. The summed E-state index contributed by atoms with van der Waals surface area (Å²) < 4.78 is 20.1. The predicted octanol–water partition coefficient (Wildman–Crippen LogP) is 4.07. The van der Waals surface area contributed by atoms with Crippen LogP contribution in [0, 0.1) is 5.82 Å². The van der Waals surface area contributed by atoms with E-state index in [1.807, 2.05) is 18.2 Å². The molecule has 6 nitrogen and oxygen atoms in total. The first kappa shape index (κ1) is 18.2.